The largest absolute Gasteiger partial charge is 0.454 e. The number of rotatable bonds is 6. The lowest BCUT2D eigenvalue weighted by molar-refractivity contribution is 0.0983. The van der Waals surface area contributed by atoms with E-state index >= 15 is 0 Å². The summed E-state index contributed by atoms with van der Waals surface area (Å²) in [5.41, 5.74) is 3.20. The maximum atomic E-state index is 12.8. The van der Waals surface area contributed by atoms with Crippen molar-refractivity contribution < 1.29 is 14.3 Å². The first kappa shape index (κ1) is 17.9. The molecule has 0 saturated heterocycles. The Kier molecular flexibility index (Phi) is 5.10. The van der Waals surface area contributed by atoms with E-state index in [-0.39, 0.29) is 12.7 Å². The summed E-state index contributed by atoms with van der Waals surface area (Å²) >= 11 is 0. The Morgan fingerprint density at radius 1 is 1.07 bits per heavy atom. The van der Waals surface area contributed by atoms with Gasteiger partial charge in [0.25, 0.3) is 5.91 Å². The Balaban J connectivity index is 1.41. The van der Waals surface area contributed by atoms with Crippen LogP contribution in [0.4, 0.5) is 11.4 Å². The number of pyridine rings is 1. The number of fused-ring (bicyclic) bond motifs is 1. The Bertz CT molecular complexity index is 959. The summed E-state index contributed by atoms with van der Waals surface area (Å²) in [7, 11) is 0. The Hall–Kier alpha value is -3.54. The summed E-state index contributed by atoms with van der Waals surface area (Å²) in [5, 5.41) is 3.31. The van der Waals surface area contributed by atoms with Gasteiger partial charge in [0.05, 0.1) is 11.9 Å². The van der Waals surface area contributed by atoms with E-state index in [4.69, 9.17) is 9.47 Å². The van der Waals surface area contributed by atoms with Crippen LogP contribution in [0.1, 0.15) is 23.0 Å². The van der Waals surface area contributed by atoms with Gasteiger partial charge in [-0.25, -0.2) is 4.98 Å². The fourth-order valence-corrected chi connectivity index (χ4v) is 3.07. The maximum absolute atomic E-state index is 12.8. The number of hydrogen-bond acceptors (Lipinski definition) is 5. The quantitative estimate of drug-likeness (QED) is 0.703. The number of ether oxygens (including phenoxy) is 2. The Morgan fingerprint density at radius 2 is 1.89 bits per heavy atom. The third-order valence-electron chi connectivity index (χ3n) is 4.55. The van der Waals surface area contributed by atoms with Crippen LogP contribution >= 0.6 is 0 Å². The van der Waals surface area contributed by atoms with Crippen molar-refractivity contribution in [2.45, 2.75) is 13.5 Å². The molecule has 142 valence electrons. The highest BCUT2D eigenvalue weighted by Crippen LogP contribution is 2.32. The number of benzene rings is 2. The standard InChI is InChI=1S/C22H21N3O3/c1-2-25(18-6-4-3-5-7-18)22(26)19-10-9-17(14-24-19)23-13-16-8-11-20-21(12-16)28-15-27-20/h3-12,14,23H,2,13,15H2,1H3. The van der Waals surface area contributed by atoms with Crippen molar-refractivity contribution in [3.63, 3.8) is 0 Å². The van der Waals surface area contributed by atoms with E-state index in [0.717, 1.165) is 28.4 Å². The summed E-state index contributed by atoms with van der Waals surface area (Å²) in [4.78, 5) is 18.8. The van der Waals surface area contributed by atoms with Crippen LogP contribution in [-0.4, -0.2) is 24.2 Å². The van der Waals surface area contributed by atoms with Gasteiger partial charge in [-0.1, -0.05) is 24.3 Å². The smallest absolute Gasteiger partial charge is 0.276 e. The third-order valence-corrected chi connectivity index (χ3v) is 4.55. The fourth-order valence-electron chi connectivity index (χ4n) is 3.07. The van der Waals surface area contributed by atoms with Crippen LogP contribution in [0.25, 0.3) is 0 Å². The number of para-hydroxylation sites is 1. The monoisotopic (exact) mass is 375 g/mol. The van der Waals surface area contributed by atoms with Crippen LogP contribution in [-0.2, 0) is 6.54 Å². The van der Waals surface area contributed by atoms with E-state index in [9.17, 15) is 4.79 Å². The topological polar surface area (TPSA) is 63.7 Å². The van der Waals surface area contributed by atoms with Gasteiger partial charge in [-0.05, 0) is 48.9 Å². The molecule has 0 radical (unpaired) electrons. The number of anilines is 2. The van der Waals surface area contributed by atoms with Gasteiger partial charge in [0.1, 0.15) is 5.69 Å². The predicted octanol–water partition coefficient (Wildman–Crippen LogP) is 4.09. The van der Waals surface area contributed by atoms with Gasteiger partial charge >= 0.3 is 0 Å². The first-order valence-corrected chi connectivity index (χ1v) is 9.20. The summed E-state index contributed by atoms with van der Waals surface area (Å²) in [6.45, 7) is 3.42. The molecule has 0 saturated carbocycles. The van der Waals surface area contributed by atoms with Crippen molar-refractivity contribution in [3.05, 3.63) is 78.1 Å². The first-order chi connectivity index (χ1) is 13.7. The van der Waals surface area contributed by atoms with Crippen molar-refractivity contribution in [1.29, 1.82) is 0 Å². The lowest BCUT2D eigenvalue weighted by Gasteiger charge is -2.20. The lowest BCUT2D eigenvalue weighted by atomic mass is 10.2. The molecule has 1 aliphatic rings. The molecule has 3 aromatic rings. The number of nitrogens with one attached hydrogen (secondary N) is 1. The molecule has 0 unspecified atom stereocenters. The van der Waals surface area contributed by atoms with Crippen LogP contribution in [0.3, 0.4) is 0 Å². The van der Waals surface area contributed by atoms with E-state index < -0.39 is 0 Å². The van der Waals surface area contributed by atoms with Crippen molar-refractivity contribution in [2.24, 2.45) is 0 Å². The number of nitrogens with zero attached hydrogens (tertiary/aromatic N) is 2. The Morgan fingerprint density at radius 3 is 2.64 bits per heavy atom. The molecule has 6 heteroatoms. The molecule has 1 aromatic heterocycles. The summed E-state index contributed by atoms with van der Waals surface area (Å²) in [6, 6.07) is 19.1. The summed E-state index contributed by atoms with van der Waals surface area (Å²) in [5.74, 6) is 1.42. The van der Waals surface area contributed by atoms with Crippen molar-refractivity contribution >= 4 is 17.3 Å². The molecule has 1 amide bonds. The first-order valence-electron chi connectivity index (χ1n) is 9.20. The van der Waals surface area contributed by atoms with Crippen molar-refractivity contribution in [3.8, 4) is 11.5 Å². The molecular weight excluding hydrogens is 354 g/mol. The molecule has 1 N–H and O–H groups in total. The normalized spacial score (nSPS) is 11.9. The van der Waals surface area contributed by atoms with Crippen LogP contribution in [0.2, 0.25) is 0 Å². The molecule has 2 aromatic carbocycles. The van der Waals surface area contributed by atoms with Crippen molar-refractivity contribution in [2.75, 3.05) is 23.6 Å². The highest BCUT2D eigenvalue weighted by atomic mass is 16.7. The minimum Gasteiger partial charge on any atom is -0.454 e. The zero-order valence-electron chi connectivity index (χ0n) is 15.6. The number of aromatic nitrogens is 1. The van der Waals surface area contributed by atoms with Gasteiger partial charge < -0.3 is 19.7 Å². The number of amides is 1. The molecule has 0 atom stereocenters. The maximum Gasteiger partial charge on any atom is 0.276 e. The second-order valence-corrected chi connectivity index (χ2v) is 6.36. The molecule has 0 fully saturated rings. The van der Waals surface area contributed by atoms with Gasteiger partial charge in [0, 0.05) is 18.8 Å². The SMILES string of the molecule is CCN(C(=O)c1ccc(NCc2ccc3c(c2)OCO3)cn1)c1ccccc1. The lowest BCUT2D eigenvalue weighted by Crippen LogP contribution is -2.31. The third kappa shape index (κ3) is 3.76. The van der Waals surface area contributed by atoms with E-state index in [1.54, 1.807) is 17.2 Å². The highest BCUT2D eigenvalue weighted by molar-refractivity contribution is 6.04. The van der Waals surface area contributed by atoms with Gasteiger partial charge in [-0.2, -0.15) is 0 Å². The zero-order chi connectivity index (χ0) is 19.3. The summed E-state index contributed by atoms with van der Waals surface area (Å²) < 4.78 is 10.7. The average Bonchev–Trinajstić information content (AvgIpc) is 3.22. The van der Waals surface area contributed by atoms with E-state index in [0.29, 0.717) is 18.8 Å². The molecule has 6 nitrogen and oxygen atoms in total. The van der Waals surface area contributed by atoms with E-state index in [1.807, 2.05) is 61.5 Å². The van der Waals surface area contributed by atoms with Gasteiger partial charge in [-0.15, -0.1) is 0 Å². The second kappa shape index (κ2) is 8.00. The zero-order valence-corrected chi connectivity index (χ0v) is 15.6. The van der Waals surface area contributed by atoms with Gasteiger partial charge in [0.15, 0.2) is 11.5 Å². The van der Waals surface area contributed by atoms with E-state index in [1.165, 1.54) is 0 Å². The second-order valence-electron chi connectivity index (χ2n) is 6.36. The highest BCUT2D eigenvalue weighted by Gasteiger charge is 2.17. The molecule has 2 heterocycles. The predicted molar refractivity (Wildman–Crippen MR) is 108 cm³/mol. The molecule has 1 aliphatic heterocycles. The molecule has 0 aliphatic carbocycles. The number of hydrogen-bond donors (Lipinski definition) is 1. The van der Waals surface area contributed by atoms with Crippen LogP contribution in [0.5, 0.6) is 11.5 Å². The molecule has 0 bridgehead atoms. The summed E-state index contributed by atoms with van der Waals surface area (Å²) in [6.07, 6.45) is 1.68. The van der Waals surface area contributed by atoms with Crippen LogP contribution in [0.15, 0.2) is 66.9 Å². The fraction of sp³-hybridized carbons (Fsp3) is 0.182. The number of carbonyl (C=O) groups is 1. The van der Waals surface area contributed by atoms with E-state index in [2.05, 4.69) is 10.3 Å². The Labute approximate surface area is 163 Å². The molecule has 4 rings (SSSR count). The van der Waals surface area contributed by atoms with Crippen LogP contribution < -0.4 is 19.7 Å². The van der Waals surface area contributed by atoms with Gasteiger partial charge in [-0.3, -0.25) is 4.79 Å². The van der Waals surface area contributed by atoms with Crippen LogP contribution in [0, 0.1) is 0 Å². The van der Waals surface area contributed by atoms with Gasteiger partial charge in [0.2, 0.25) is 6.79 Å². The molecular formula is C22H21N3O3. The molecule has 28 heavy (non-hydrogen) atoms. The van der Waals surface area contributed by atoms with Crippen molar-refractivity contribution in [1.82, 2.24) is 4.98 Å². The minimum atomic E-state index is -0.115. The number of carbonyl (C=O) groups excluding carboxylic acids is 1. The molecule has 0 spiro atoms. The average molecular weight is 375 g/mol. The minimum absolute atomic E-state index is 0.115.